The summed E-state index contributed by atoms with van der Waals surface area (Å²) < 4.78 is 65.8. The topological polar surface area (TPSA) is 57.5 Å². The van der Waals surface area contributed by atoms with E-state index in [0.29, 0.717) is 12.2 Å². The van der Waals surface area contributed by atoms with Gasteiger partial charge in [0.2, 0.25) is 5.82 Å². The summed E-state index contributed by atoms with van der Waals surface area (Å²) >= 11 is 0. The van der Waals surface area contributed by atoms with Crippen LogP contribution in [0.25, 0.3) is 6.08 Å². The summed E-state index contributed by atoms with van der Waals surface area (Å²) in [6.45, 7) is 0. The summed E-state index contributed by atoms with van der Waals surface area (Å²) in [4.78, 5) is 11.8. The maximum Gasteiger partial charge on any atom is 0.200 e. The molecule has 0 fully saturated rings. The van der Waals surface area contributed by atoms with Gasteiger partial charge in [0.05, 0.1) is 11.1 Å². The first-order valence-corrected chi connectivity index (χ1v) is 5.99. The molecular weight excluding hydrogens is 323 g/mol. The Hall–Kier alpha value is -2.90. The highest BCUT2D eigenvalue weighted by Gasteiger charge is 2.24. The highest BCUT2D eigenvalue weighted by atomic mass is 19.2. The summed E-state index contributed by atoms with van der Waals surface area (Å²) in [5.74, 6) is -12.7. The summed E-state index contributed by atoms with van der Waals surface area (Å²) in [5, 5.41) is 18.7. The molecule has 0 saturated heterocycles. The summed E-state index contributed by atoms with van der Waals surface area (Å²) in [6, 6.07) is 2.95. The summed E-state index contributed by atoms with van der Waals surface area (Å²) in [6.07, 6.45) is 0.898. The molecule has 0 aliphatic heterocycles. The van der Waals surface area contributed by atoms with E-state index in [1.165, 1.54) is 0 Å². The van der Waals surface area contributed by atoms with Gasteiger partial charge in [-0.3, -0.25) is 4.79 Å². The second-order valence-corrected chi connectivity index (χ2v) is 4.38. The zero-order valence-electron chi connectivity index (χ0n) is 11.1. The average molecular weight is 330 g/mol. The van der Waals surface area contributed by atoms with E-state index in [9.17, 15) is 37.0 Å². The molecule has 3 nitrogen and oxygen atoms in total. The van der Waals surface area contributed by atoms with Crippen molar-refractivity contribution in [3.8, 4) is 11.5 Å². The molecule has 2 rings (SSSR count). The third kappa shape index (κ3) is 3.01. The van der Waals surface area contributed by atoms with Gasteiger partial charge >= 0.3 is 0 Å². The Kier molecular flexibility index (Phi) is 4.35. The van der Waals surface area contributed by atoms with Crippen molar-refractivity contribution in [1.82, 2.24) is 0 Å². The van der Waals surface area contributed by atoms with Crippen molar-refractivity contribution >= 4 is 11.9 Å². The van der Waals surface area contributed by atoms with Gasteiger partial charge in [0.1, 0.15) is 11.5 Å². The molecule has 0 atom stereocenters. The quantitative estimate of drug-likeness (QED) is 0.225. The fraction of sp³-hybridized carbons (Fsp3) is 0. The number of halogens is 5. The van der Waals surface area contributed by atoms with Gasteiger partial charge in [0.25, 0.3) is 0 Å². The number of hydrogen-bond donors (Lipinski definition) is 2. The minimum Gasteiger partial charge on any atom is -0.508 e. The number of aromatic hydroxyl groups is 2. The van der Waals surface area contributed by atoms with E-state index >= 15 is 0 Å². The van der Waals surface area contributed by atoms with Gasteiger partial charge in [-0.1, -0.05) is 0 Å². The Morgan fingerprint density at radius 2 is 1.39 bits per heavy atom. The summed E-state index contributed by atoms with van der Waals surface area (Å²) in [7, 11) is 0. The number of benzene rings is 2. The van der Waals surface area contributed by atoms with Crippen LogP contribution in [-0.2, 0) is 0 Å². The van der Waals surface area contributed by atoms with Crippen molar-refractivity contribution in [2.45, 2.75) is 0 Å². The van der Waals surface area contributed by atoms with Crippen LogP contribution in [0.4, 0.5) is 22.0 Å². The Labute approximate surface area is 125 Å². The van der Waals surface area contributed by atoms with Crippen molar-refractivity contribution in [3.63, 3.8) is 0 Å². The lowest BCUT2D eigenvalue weighted by molar-refractivity contribution is 0.104. The van der Waals surface area contributed by atoms with Crippen LogP contribution >= 0.6 is 0 Å². The normalized spacial score (nSPS) is 11.2. The second-order valence-electron chi connectivity index (χ2n) is 4.38. The van der Waals surface area contributed by atoms with Crippen molar-refractivity contribution in [1.29, 1.82) is 0 Å². The minimum absolute atomic E-state index is 0.365. The molecule has 0 amide bonds. The van der Waals surface area contributed by atoms with Crippen molar-refractivity contribution in [2.75, 3.05) is 0 Å². The van der Waals surface area contributed by atoms with Gasteiger partial charge < -0.3 is 10.2 Å². The van der Waals surface area contributed by atoms with Crippen molar-refractivity contribution in [2.24, 2.45) is 0 Å². The molecule has 0 heterocycles. The number of phenols is 2. The molecule has 2 aromatic carbocycles. The zero-order chi connectivity index (χ0) is 17.3. The van der Waals surface area contributed by atoms with Crippen LogP contribution in [-0.4, -0.2) is 16.0 Å². The van der Waals surface area contributed by atoms with Gasteiger partial charge in [0.15, 0.2) is 29.1 Å². The van der Waals surface area contributed by atoms with E-state index in [1.807, 2.05) is 0 Å². The van der Waals surface area contributed by atoms with Crippen LogP contribution in [0, 0.1) is 29.1 Å². The van der Waals surface area contributed by atoms with Gasteiger partial charge in [-0.2, -0.15) is 0 Å². The number of phenolic OH excluding ortho intramolecular Hbond substituents is 2. The number of ketones is 1. The van der Waals surface area contributed by atoms with Crippen molar-refractivity contribution < 1.29 is 37.0 Å². The molecule has 0 spiro atoms. The molecule has 2 aromatic rings. The highest BCUT2D eigenvalue weighted by Crippen LogP contribution is 2.26. The number of rotatable bonds is 3. The largest absolute Gasteiger partial charge is 0.508 e. The fourth-order valence-corrected chi connectivity index (χ4v) is 1.74. The van der Waals surface area contributed by atoms with Crippen LogP contribution in [0.3, 0.4) is 0 Å². The molecule has 0 aliphatic rings. The fourth-order valence-electron chi connectivity index (χ4n) is 1.74. The molecule has 0 radical (unpaired) electrons. The van der Waals surface area contributed by atoms with Gasteiger partial charge in [-0.05, 0) is 30.4 Å². The van der Waals surface area contributed by atoms with Crippen LogP contribution in [0.2, 0.25) is 0 Å². The lowest BCUT2D eigenvalue weighted by Crippen LogP contribution is -2.04. The summed E-state index contributed by atoms with van der Waals surface area (Å²) in [5.41, 5.74) is -1.71. The Morgan fingerprint density at radius 3 is 1.96 bits per heavy atom. The molecule has 0 saturated carbocycles. The number of hydrogen-bond acceptors (Lipinski definition) is 3. The molecule has 0 aliphatic carbocycles. The Morgan fingerprint density at radius 1 is 0.870 bits per heavy atom. The Balaban J connectivity index is 2.45. The van der Waals surface area contributed by atoms with E-state index in [1.54, 1.807) is 0 Å². The number of allylic oxidation sites excluding steroid dienone is 1. The average Bonchev–Trinajstić information content (AvgIpc) is 2.53. The van der Waals surface area contributed by atoms with Crippen LogP contribution in [0.5, 0.6) is 11.5 Å². The van der Waals surface area contributed by atoms with E-state index in [2.05, 4.69) is 0 Å². The van der Waals surface area contributed by atoms with Crippen LogP contribution in [0.15, 0.2) is 24.3 Å². The third-order valence-corrected chi connectivity index (χ3v) is 2.89. The lowest BCUT2D eigenvalue weighted by atomic mass is 10.1. The van der Waals surface area contributed by atoms with E-state index in [0.717, 1.165) is 18.2 Å². The smallest absolute Gasteiger partial charge is 0.200 e. The molecular formula is C15H7F5O3. The van der Waals surface area contributed by atoms with Gasteiger partial charge in [-0.25, -0.2) is 22.0 Å². The highest BCUT2D eigenvalue weighted by molar-refractivity contribution is 6.08. The maximum atomic E-state index is 13.4. The standard InChI is InChI=1S/C15H7F5O3/c16-11-7(12(17)14(19)15(20)13(11)18)2-4-10(23)8-5-6(21)1-3-9(8)22/h1-5,21-22H/b4-2+. The molecule has 120 valence electrons. The Bertz CT molecular complexity index is 801. The molecule has 2 N–H and O–H groups in total. The van der Waals surface area contributed by atoms with E-state index < -0.39 is 51.7 Å². The van der Waals surface area contributed by atoms with Gasteiger partial charge in [0, 0.05) is 0 Å². The predicted octanol–water partition coefficient (Wildman–Crippen LogP) is 3.69. The van der Waals surface area contributed by atoms with Crippen LogP contribution in [0.1, 0.15) is 15.9 Å². The first-order chi connectivity index (χ1) is 10.7. The third-order valence-electron chi connectivity index (χ3n) is 2.89. The molecule has 0 bridgehead atoms. The first-order valence-electron chi connectivity index (χ1n) is 5.99. The second kappa shape index (κ2) is 6.07. The first kappa shape index (κ1) is 16.5. The zero-order valence-corrected chi connectivity index (χ0v) is 11.1. The molecule has 0 unspecified atom stereocenters. The SMILES string of the molecule is O=C(/C=C/c1c(F)c(F)c(F)c(F)c1F)c1cc(O)ccc1O. The minimum atomic E-state index is -2.31. The van der Waals surface area contributed by atoms with Crippen LogP contribution < -0.4 is 0 Å². The van der Waals surface area contributed by atoms with E-state index in [-0.39, 0.29) is 5.75 Å². The van der Waals surface area contributed by atoms with Gasteiger partial charge in [-0.15, -0.1) is 0 Å². The van der Waals surface area contributed by atoms with Crippen molar-refractivity contribution in [3.05, 3.63) is 64.5 Å². The maximum absolute atomic E-state index is 13.4. The predicted molar refractivity (Wildman–Crippen MR) is 69.4 cm³/mol. The monoisotopic (exact) mass is 330 g/mol. The number of carbonyl (C=O) groups excluding carboxylic acids is 1. The molecule has 23 heavy (non-hydrogen) atoms. The molecule has 0 aromatic heterocycles. The lowest BCUT2D eigenvalue weighted by Gasteiger charge is -2.04. The molecule has 8 heteroatoms. The number of carbonyl (C=O) groups is 1. The van der Waals surface area contributed by atoms with E-state index in [4.69, 9.17) is 0 Å².